The number of anilines is 1. The Kier molecular flexibility index (Phi) is 5.08. The van der Waals surface area contributed by atoms with E-state index in [9.17, 15) is 5.11 Å². The van der Waals surface area contributed by atoms with Crippen molar-refractivity contribution in [1.29, 1.82) is 0 Å². The van der Waals surface area contributed by atoms with Crippen LogP contribution in [0.4, 0.5) is 5.82 Å². The van der Waals surface area contributed by atoms with Gasteiger partial charge in [0.25, 0.3) is 0 Å². The maximum atomic E-state index is 10.1. The fourth-order valence-electron chi connectivity index (χ4n) is 2.51. The van der Waals surface area contributed by atoms with Crippen molar-refractivity contribution < 1.29 is 5.11 Å². The molecule has 1 aromatic heterocycles. The minimum Gasteiger partial charge on any atom is -0.504 e. The summed E-state index contributed by atoms with van der Waals surface area (Å²) in [7, 11) is 0. The average Bonchev–Trinajstić information content (AvgIpc) is 2.59. The van der Waals surface area contributed by atoms with Gasteiger partial charge in [-0.2, -0.15) is 5.10 Å². The number of nitrogens with zero attached hydrogens (tertiary/aromatic N) is 2. The van der Waals surface area contributed by atoms with Crippen LogP contribution in [0.1, 0.15) is 31.9 Å². The Labute approximate surface area is 162 Å². The third kappa shape index (κ3) is 3.92. The van der Waals surface area contributed by atoms with Gasteiger partial charge >= 0.3 is 0 Å². The summed E-state index contributed by atoms with van der Waals surface area (Å²) < 4.78 is 0. The van der Waals surface area contributed by atoms with Gasteiger partial charge in [0.1, 0.15) is 11.3 Å². The molecule has 0 bridgehead atoms. The molecule has 0 aliphatic rings. The highest BCUT2D eigenvalue weighted by atomic mass is 35.5. The second-order valence-corrected chi connectivity index (χ2v) is 7.84. The smallest absolute Gasteiger partial charge is 0.160 e. The van der Waals surface area contributed by atoms with Gasteiger partial charge < -0.3 is 5.11 Å². The van der Waals surface area contributed by atoms with E-state index in [0.29, 0.717) is 21.7 Å². The maximum absolute atomic E-state index is 10.1. The lowest BCUT2D eigenvalue weighted by Crippen LogP contribution is -2.10. The lowest BCUT2D eigenvalue weighted by molar-refractivity contribution is 0.480. The number of rotatable bonds is 3. The topological polar surface area (TPSA) is 57.5 Å². The van der Waals surface area contributed by atoms with Gasteiger partial charge in [0.2, 0.25) is 0 Å². The first kappa shape index (κ1) is 18.5. The van der Waals surface area contributed by atoms with Gasteiger partial charge in [0.15, 0.2) is 5.75 Å². The summed E-state index contributed by atoms with van der Waals surface area (Å²) in [6, 6.07) is 13.2. The first-order valence-corrected chi connectivity index (χ1v) is 8.88. The molecule has 0 saturated heterocycles. The van der Waals surface area contributed by atoms with Crippen molar-refractivity contribution >= 4 is 46.1 Å². The number of benzene rings is 2. The molecule has 0 atom stereocenters. The number of hydrazone groups is 1. The third-order valence-corrected chi connectivity index (χ3v) is 4.63. The Bertz CT molecular complexity index is 977. The Hall–Kier alpha value is -2.30. The van der Waals surface area contributed by atoms with E-state index in [-0.39, 0.29) is 16.2 Å². The van der Waals surface area contributed by atoms with Crippen LogP contribution >= 0.6 is 23.2 Å². The van der Waals surface area contributed by atoms with Crippen molar-refractivity contribution in [1.82, 2.24) is 4.98 Å². The van der Waals surface area contributed by atoms with Crippen LogP contribution in [0.15, 0.2) is 47.6 Å². The zero-order valence-electron chi connectivity index (χ0n) is 14.7. The van der Waals surface area contributed by atoms with E-state index in [1.165, 1.54) is 11.6 Å². The molecule has 1 heterocycles. The molecular formula is C20H19Cl2N3O. The number of hydrogen-bond acceptors (Lipinski definition) is 4. The summed E-state index contributed by atoms with van der Waals surface area (Å²) in [6.45, 7) is 6.53. The largest absolute Gasteiger partial charge is 0.504 e. The van der Waals surface area contributed by atoms with E-state index in [2.05, 4.69) is 48.4 Å². The zero-order chi connectivity index (χ0) is 18.9. The molecule has 6 heteroatoms. The second-order valence-electron chi connectivity index (χ2n) is 7.02. The molecule has 0 unspecified atom stereocenters. The van der Waals surface area contributed by atoms with Crippen LogP contribution in [-0.4, -0.2) is 16.3 Å². The minimum atomic E-state index is -0.100. The van der Waals surface area contributed by atoms with Crippen LogP contribution in [0.3, 0.4) is 0 Å². The molecule has 26 heavy (non-hydrogen) atoms. The average molecular weight is 388 g/mol. The molecule has 134 valence electrons. The SMILES string of the molecule is CC(C)(C)c1ccc(/C=N/Nc2ccc3c(Cl)cc(Cl)c(O)c3n2)cc1. The Morgan fingerprint density at radius 3 is 2.38 bits per heavy atom. The molecule has 3 aromatic rings. The van der Waals surface area contributed by atoms with Crippen molar-refractivity contribution in [3.8, 4) is 5.75 Å². The van der Waals surface area contributed by atoms with Gasteiger partial charge in [0.05, 0.1) is 16.3 Å². The molecule has 2 aromatic carbocycles. The number of phenols is 1. The van der Waals surface area contributed by atoms with Crippen LogP contribution in [0.2, 0.25) is 10.0 Å². The summed E-state index contributed by atoms with van der Waals surface area (Å²) >= 11 is 12.1. The predicted octanol–water partition coefficient (Wildman–Crippen LogP) is 5.99. The number of aromatic hydroxyl groups is 1. The Morgan fingerprint density at radius 2 is 1.73 bits per heavy atom. The first-order chi connectivity index (χ1) is 12.3. The molecule has 3 rings (SSSR count). The van der Waals surface area contributed by atoms with Crippen LogP contribution in [0, 0.1) is 0 Å². The summed E-state index contributed by atoms with van der Waals surface area (Å²) in [5, 5.41) is 15.5. The quantitative estimate of drug-likeness (QED) is 0.428. The summed E-state index contributed by atoms with van der Waals surface area (Å²) in [5.41, 5.74) is 5.55. The molecular weight excluding hydrogens is 369 g/mol. The number of phenolic OH excluding ortho intramolecular Hbond substituents is 1. The summed E-state index contributed by atoms with van der Waals surface area (Å²) in [4.78, 5) is 4.33. The zero-order valence-corrected chi connectivity index (χ0v) is 16.2. The molecule has 0 amide bonds. The van der Waals surface area contributed by atoms with E-state index in [4.69, 9.17) is 23.2 Å². The van der Waals surface area contributed by atoms with Gasteiger partial charge in [-0.05, 0) is 34.7 Å². The van der Waals surface area contributed by atoms with Crippen molar-refractivity contribution in [2.24, 2.45) is 5.10 Å². The van der Waals surface area contributed by atoms with Crippen LogP contribution in [0.5, 0.6) is 5.75 Å². The fraction of sp³-hybridized carbons (Fsp3) is 0.200. The van der Waals surface area contributed by atoms with Crippen LogP contribution in [0.25, 0.3) is 10.9 Å². The first-order valence-electron chi connectivity index (χ1n) is 8.13. The number of aromatic nitrogens is 1. The molecule has 2 N–H and O–H groups in total. The number of halogens is 2. The van der Waals surface area contributed by atoms with Gasteiger partial charge in [-0.1, -0.05) is 68.2 Å². The minimum absolute atomic E-state index is 0.100. The Morgan fingerprint density at radius 1 is 1.04 bits per heavy atom. The lowest BCUT2D eigenvalue weighted by atomic mass is 9.87. The van der Waals surface area contributed by atoms with Crippen molar-refractivity contribution in [3.05, 3.63) is 63.6 Å². The lowest BCUT2D eigenvalue weighted by Gasteiger charge is -2.18. The van der Waals surface area contributed by atoms with E-state index in [1.807, 2.05) is 12.1 Å². The van der Waals surface area contributed by atoms with Gasteiger partial charge in [-0.15, -0.1) is 0 Å². The number of nitrogens with one attached hydrogen (secondary N) is 1. The third-order valence-electron chi connectivity index (χ3n) is 4.03. The van der Waals surface area contributed by atoms with Crippen molar-refractivity contribution in [2.45, 2.75) is 26.2 Å². The van der Waals surface area contributed by atoms with E-state index < -0.39 is 0 Å². The monoisotopic (exact) mass is 387 g/mol. The number of pyridine rings is 1. The van der Waals surface area contributed by atoms with E-state index in [0.717, 1.165) is 5.56 Å². The van der Waals surface area contributed by atoms with Crippen molar-refractivity contribution in [2.75, 3.05) is 5.43 Å². The van der Waals surface area contributed by atoms with Crippen LogP contribution < -0.4 is 5.43 Å². The molecule has 0 fully saturated rings. The molecule has 4 nitrogen and oxygen atoms in total. The van der Waals surface area contributed by atoms with Crippen molar-refractivity contribution in [3.63, 3.8) is 0 Å². The predicted molar refractivity (Wildman–Crippen MR) is 110 cm³/mol. The normalized spacial score (nSPS) is 12.0. The fourth-order valence-corrected chi connectivity index (χ4v) is 3.02. The highest BCUT2D eigenvalue weighted by Gasteiger charge is 2.13. The summed E-state index contributed by atoms with van der Waals surface area (Å²) in [6.07, 6.45) is 1.71. The molecule has 0 aliphatic carbocycles. The molecule has 0 spiro atoms. The number of hydrogen-bond donors (Lipinski definition) is 2. The number of fused-ring (bicyclic) bond motifs is 1. The van der Waals surface area contributed by atoms with Gasteiger partial charge in [-0.3, -0.25) is 5.43 Å². The molecule has 0 aliphatic heterocycles. The van der Waals surface area contributed by atoms with Crippen LogP contribution in [-0.2, 0) is 5.41 Å². The standard InChI is InChI=1S/C20H19Cl2N3O/c1-20(2,3)13-6-4-12(5-7-13)11-23-25-17-9-8-14-15(21)10-16(22)19(26)18(14)24-17/h4-11,26H,1-3H3,(H,24,25)/b23-11+. The van der Waals surface area contributed by atoms with E-state index in [1.54, 1.807) is 18.3 Å². The highest BCUT2D eigenvalue weighted by Crippen LogP contribution is 2.36. The van der Waals surface area contributed by atoms with E-state index >= 15 is 0 Å². The summed E-state index contributed by atoms with van der Waals surface area (Å²) in [5.74, 6) is 0.380. The molecule has 0 saturated carbocycles. The van der Waals surface area contributed by atoms with Gasteiger partial charge in [0, 0.05) is 5.39 Å². The maximum Gasteiger partial charge on any atom is 0.160 e. The van der Waals surface area contributed by atoms with Gasteiger partial charge in [-0.25, -0.2) is 4.98 Å². The Balaban J connectivity index is 1.79. The highest BCUT2D eigenvalue weighted by molar-refractivity contribution is 6.39. The molecule has 0 radical (unpaired) electrons. The second kappa shape index (κ2) is 7.14.